The number of aryl methyl sites for hydroxylation is 4. The zero-order chi connectivity index (χ0) is 20.8. The molecule has 1 N–H and O–H groups in total. The van der Waals surface area contributed by atoms with Gasteiger partial charge in [0.05, 0.1) is 12.6 Å². The molecule has 1 heterocycles. The molecule has 150 valence electrons. The van der Waals surface area contributed by atoms with E-state index in [2.05, 4.69) is 10.3 Å². The molecule has 29 heavy (non-hydrogen) atoms. The van der Waals surface area contributed by atoms with Gasteiger partial charge in [-0.25, -0.2) is 4.98 Å². The van der Waals surface area contributed by atoms with Gasteiger partial charge in [-0.2, -0.15) is 0 Å². The summed E-state index contributed by atoms with van der Waals surface area (Å²) in [7, 11) is 0. The van der Waals surface area contributed by atoms with Crippen molar-refractivity contribution in [2.45, 2.75) is 33.6 Å². The molecule has 0 unspecified atom stereocenters. The van der Waals surface area contributed by atoms with Crippen molar-refractivity contribution in [1.29, 1.82) is 0 Å². The summed E-state index contributed by atoms with van der Waals surface area (Å²) in [5.74, 6) is 0.259. The summed E-state index contributed by atoms with van der Waals surface area (Å²) in [5, 5.41) is 2.73. The van der Waals surface area contributed by atoms with Gasteiger partial charge >= 0.3 is 5.97 Å². The van der Waals surface area contributed by atoms with E-state index < -0.39 is 5.97 Å². The molecule has 0 aliphatic rings. The van der Waals surface area contributed by atoms with E-state index >= 15 is 0 Å². The molecule has 0 saturated heterocycles. The van der Waals surface area contributed by atoms with Gasteiger partial charge in [-0.3, -0.25) is 9.59 Å². The summed E-state index contributed by atoms with van der Waals surface area (Å²) in [6.07, 6.45) is 2.04. The number of hydrogen-bond donors (Lipinski definition) is 1. The van der Waals surface area contributed by atoms with Crippen LogP contribution in [0.4, 0.5) is 5.69 Å². The Hall–Kier alpha value is -3.41. The van der Waals surface area contributed by atoms with Crippen LogP contribution in [-0.2, 0) is 20.7 Å². The Labute approximate surface area is 169 Å². The highest BCUT2D eigenvalue weighted by molar-refractivity contribution is 5.92. The molecule has 6 nitrogen and oxygen atoms in total. The average molecular weight is 392 g/mol. The molecule has 0 aliphatic heterocycles. The standard InChI is InChI=1S/C23H24N2O4/c1-15-4-6-18(7-5-15)20-13-24-22(29-20)8-9-23(27)28-14-21(26)25-19-11-16(2)10-17(3)12-19/h4-7,10-13H,8-9,14H2,1-3H3,(H,25,26). The zero-order valence-corrected chi connectivity index (χ0v) is 16.8. The predicted molar refractivity (Wildman–Crippen MR) is 111 cm³/mol. The van der Waals surface area contributed by atoms with Crippen LogP contribution in [0.2, 0.25) is 0 Å². The Morgan fingerprint density at radius 1 is 1.00 bits per heavy atom. The summed E-state index contributed by atoms with van der Waals surface area (Å²) in [6, 6.07) is 13.7. The summed E-state index contributed by atoms with van der Waals surface area (Å²) in [5.41, 5.74) is 4.88. The van der Waals surface area contributed by atoms with E-state index in [-0.39, 0.29) is 18.9 Å². The highest BCUT2D eigenvalue weighted by atomic mass is 16.5. The Bertz CT molecular complexity index is 986. The fourth-order valence-electron chi connectivity index (χ4n) is 2.95. The van der Waals surface area contributed by atoms with E-state index in [0.29, 0.717) is 23.8 Å². The van der Waals surface area contributed by atoms with Crippen molar-refractivity contribution in [3.05, 3.63) is 71.2 Å². The third-order valence-corrected chi connectivity index (χ3v) is 4.30. The normalized spacial score (nSPS) is 10.6. The van der Waals surface area contributed by atoms with E-state index in [1.54, 1.807) is 6.20 Å². The highest BCUT2D eigenvalue weighted by Gasteiger charge is 2.12. The maximum absolute atomic E-state index is 12.0. The molecule has 0 spiro atoms. The van der Waals surface area contributed by atoms with Crippen LogP contribution in [-0.4, -0.2) is 23.5 Å². The van der Waals surface area contributed by atoms with Crippen molar-refractivity contribution in [1.82, 2.24) is 4.98 Å². The van der Waals surface area contributed by atoms with Crippen LogP contribution in [0.25, 0.3) is 11.3 Å². The molecule has 0 bridgehead atoms. The Morgan fingerprint density at radius 3 is 2.38 bits per heavy atom. The van der Waals surface area contributed by atoms with Crippen molar-refractivity contribution in [2.75, 3.05) is 11.9 Å². The quantitative estimate of drug-likeness (QED) is 0.604. The molecule has 0 atom stereocenters. The second kappa shape index (κ2) is 9.19. The minimum atomic E-state index is -0.476. The SMILES string of the molecule is Cc1ccc(-c2cnc(CCC(=O)OCC(=O)Nc3cc(C)cc(C)c3)o2)cc1. The van der Waals surface area contributed by atoms with E-state index in [4.69, 9.17) is 9.15 Å². The first-order valence-electron chi connectivity index (χ1n) is 9.44. The minimum Gasteiger partial charge on any atom is -0.456 e. The monoisotopic (exact) mass is 392 g/mol. The van der Waals surface area contributed by atoms with Gasteiger partial charge in [-0.1, -0.05) is 35.9 Å². The molecular formula is C23H24N2O4. The van der Waals surface area contributed by atoms with Crippen LogP contribution in [0.5, 0.6) is 0 Å². The van der Waals surface area contributed by atoms with Crippen molar-refractivity contribution in [3.8, 4) is 11.3 Å². The van der Waals surface area contributed by atoms with Crippen LogP contribution < -0.4 is 5.32 Å². The van der Waals surface area contributed by atoms with E-state index in [9.17, 15) is 9.59 Å². The lowest BCUT2D eigenvalue weighted by molar-refractivity contribution is -0.147. The van der Waals surface area contributed by atoms with Crippen LogP contribution in [0.15, 0.2) is 53.1 Å². The molecule has 0 aliphatic carbocycles. The molecule has 6 heteroatoms. The molecule has 3 aromatic rings. The molecule has 1 amide bonds. The van der Waals surface area contributed by atoms with Gasteiger partial charge in [-0.05, 0) is 44.0 Å². The fourth-order valence-corrected chi connectivity index (χ4v) is 2.95. The number of ether oxygens (including phenoxy) is 1. The molecule has 3 rings (SSSR count). The minimum absolute atomic E-state index is 0.0880. The smallest absolute Gasteiger partial charge is 0.306 e. The number of aromatic nitrogens is 1. The topological polar surface area (TPSA) is 81.4 Å². The Balaban J connectivity index is 1.44. The molecule has 0 fully saturated rings. The largest absolute Gasteiger partial charge is 0.456 e. The van der Waals surface area contributed by atoms with Gasteiger partial charge in [0.25, 0.3) is 5.91 Å². The maximum atomic E-state index is 12.0. The van der Waals surface area contributed by atoms with Crippen molar-refractivity contribution >= 4 is 17.6 Å². The van der Waals surface area contributed by atoms with Gasteiger partial charge < -0.3 is 14.5 Å². The number of carbonyl (C=O) groups is 2. The molecule has 1 aromatic heterocycles. The number of carbonyl (C=O) groups excluding carboxylic acids is 2. The predicted octanol–water partition coefficient (Wildman–Crippen LogP) is 4.38. The Kier molecular flexibility index (Phi) is 6.44. The van der Waals surface area contributed by atoms with Crippen LogP contribution in [0.1, 0.15) is 29.0 Å². The number of hydrogen-bond acceptors (Lipinski definition) is 5. The number of nitrogens with zero attached hydrogens (tertiary/aromatic N) is 1. The van der Waals surface area contributed by atoms with Gasteiger partial charge in [-0.15, -0.1) is 0 Å². The van der Waals surface area contributed by atoms with E-state index in [1.165, 1.54) is 0 Å². The number of benzene rings is 2. The summed E-state index contributed by atoms with van der Waals surface area (Å²) in [4.78, 5) is 28.1. The summed E-state index contributed by atoms with van der Waals surface area (Å²) >= 11 is 0. The second-order valence-corrected chi connectivity index (χ2v) is 7.07. The lowest BCUT2D eigenvalue weighted by Crippen LogP contribution is -2.21. The number of rotatable bonds is 7. The van der Waals surface area contributed by atoms with Crippen molar-refractivity contribution in [3.63, 3.8) is 0 Å². The van der Waals surface area contributed by atoms with Crippen LogP contribution in [0, 0.1) is 20.8 Å². The molecule has 0 saturated carbocycles. The lowest BCUT2D eigenvalue weighted by atomic mass is 10.1. The number of amides is 1. The van der Waals surface area contributed by atoms with Crippen LogP contribution in [0.3, 0.4) is 0 Å². The summed E-state index contributed by atoms with van der Waals surface area (Å²) < 4.78 is 10.7. The zero-order valence-electron chi connectivity index (χ0n) is 16.8. The number of oxazole rings is 1. The van der Waals surface area contributed by atoms with Gasteiger partial charge in [0.2, 0.25) is 0 Å². The van der Waals surface area contributed by atoms with Crippen LogP contribution >= 0.6 is 0 Å². The van der Waals surface area contributed by atoms with E-state index in [1.807, 2.05) is 63.2 Å². The lowest BCUT2D eigenvalue weighted by Gasteiger charge is -2.08. The van der Waals surface area contributed by atoms with E-state index in [0.717, 1.165) is 22.3 Å². The van der Waals surface area contributed by atoms with Gasteiger partial charge in [0.15, 0.2) is 18.3 Å². The average Bonchev–Trinajstić information content (AvgIpc) is 3.13. The summed E-state index contributed by atoms with van der Waals surface area (Å²) in [6.45, 7) is 5.60. The third-order valence-electron chi connectivity index (χ3n) is 4.30. The number of esters is 1. The van der Waals surface area contributed by atoms with Crippen molar-refractivity contribution in [2.24, 2.45) is 0 Å². The molecular weight excluding hydrogens is 368 g/mol. The van der Waals surface area contributed by atoms with Gasteiger partial charge in [0.1, 0.15) is 0 Å². The number of nitrogens with one attached hydrogen (secondary N) is 1. The van der Waals surface area contributed by atoms with Gasteiger partial charge in [0, 0.05) is 17.7 Å². The van der Waals surface area contributed by atoms with Crippen molar-refractivity contribution < 1.29 is 18.7 Å². The highest BCUT2D eigenvalue weighted by Crippen LogP contribution is 2.21. The second-order valence-electron chi connectivity index (χ2n) is 7.07. The first kappa shape index (κ1) is 20.3. The Morgan fingerprint density at radius 2 is 1.69 bits per heavy atom. The molecule has 0 radical (unpaired) electrons. The first-order valence-corrected chi connectivity index (χ1v) is 9.44. The molecule has 2 aromatic carbocycles. The third kappa shape index (κ3) is 6.04. The fraction of sp³-hybridized carbons (Fsp3) is 0.261. The number of anilines is 1. The first-order chi connectivity index (χ1) is 13.9. The maximum Gasteiger partial charge on any atom is 0.306 e.